The van der Waals surface area contributed by atoms with Gasteiger partial charge in [-0.3, -0.25) is 9.10 Å². The van der Waals surface area contributed by atoms with E-state index in [-0.39, 0.29) is 18.3 Å². The summed E-state index contributed by atoms with van der Waals surface area (Å²) < 4.78 is 30.5. The number of anilines is 2. The normalized spacial score (nSPS) is 15.5. The third kappa shape index (κ3) is 3.90. The van der Waals surface area contributed by atoms with E-state index < -0.39 is 16.0 Å². The Morgan fingerprint density at radius 2 is 1.89 bits per heavy atom. The first kappa shape index (κ1) is 20.3. The standard InChI is InChI=1S/C19H22N2O5S2/c1-4-26-19(23)16-12(2)13(3)27-18(16)20-17(22)14-6-8-15(9-7-14)21-10-5-11-28(21,24)25/h6-9H,4-5,10-11H2,1-3H3,(H,20,22). The monoisotopic (exact) mass is 422 g/mol. The molecule has 1 aromatic heterocycles. The summed E-state index contributed by atoms with van der Waals surface area (Å²) in [4.78, 5) is 25.8. The van der Waals surface area contributed by atoms with Crippen LogP contribution in [0.4, 0.5) is 10.7 Å². The maximum absolute atomic E-state index is 12.6. The molecule has 1 N–H and O–H groups in total. The van der Waals surface area contributed by atoms with Crippen LogP contribution in [0.5, 0.6) is 0 Å². The van der Waals surface area contributed by atoms with Gasteiger partial charge in [0.15, 0.2) is 0 Å². The zero-order chi connectivity index (χ0) is 20.5. The molecule has 0 atom stereocenters. The van der Waals surface area contributed by atoms with Crippen LogP contribution in [0.1, 0.15) is 44.5 Å². The second-order valence-electron chi connectivity index (χ2n) is 6.45. The van der Waals surface area contributed by atoms with Gasteiger partial charge in [-0.15, -0.1) is 11.3 Å². The van der Waals surface area contributed by atoms with Crippen LogP contribution < -0.4 is 9.62 Å². The predicted octanol–water partition coefficient (Wildman–Crippen LogP) is 3.33. The van der Waals surface area contributed by atoms with Crippen LogP contribution in [-0.4, -0.2) is 39.2 Å². The fourth-order valence-corrected chi connectivity index (χ4v) is 5.66. The number of sulfonamides is 1. The van der Waals surface area contributed by atoms with Crippen molar-refractivity contribution in [2.24, 2.45) is 0 Å². The van der Waals surface area contributed by atoms with Gasteiger partial charge >= 0.3 is 5.97 Å². The van der Waals surface area contributed by atoms with E-state index >= 15 is 0 Å². The third-order valence-electron chi connectivity index (χ3n) is 4.61. The number of ether oxygens (including phenoxy) is 1. The summed E-state index contributed by atoms with van der Waals surface area (Å²) in [6.45, 7) is 6.13. The van der Waals surface area contributed by atoms with E-state index in [1.807, 2.05) is 13.8 Å². The lowest BCUT2D eigenvalue weighted by Crippen LogP contribution is -2.25. The van der Waals surface area contributed by atoms with Crippen molar-refractivity contribution in [2.75, 3.05) is 28.5 Å². The number of esters is 1. The van der Waals surface area contributed by atoms with Crippen LogP contribution >= 0.6 is 11.3 Å². The molecule has 7 nitrogen and oxygen atoms in total. The topological polar surface area (TPSA) is 92.8 Å². The SMILES string of the molecule is CCOC(=O)c1c(NC(=O)c2ccc(N3CCCS3(=O)=O)cc2)sc(C)c1C. The molecular formula is C19H22N2O5S2. The molecule has 2 aromatic rings. The highest BCUT2D eigenvalue weighted by Crippen LogP contribution is 2.33. The van der Waals surface area contributed by atoms with Gasteiger partial charge in [-0.1, -0.05) is 0 Å². The Labute approximate surface area is 168 Å². The van der Waals surface area contributed by atoms with Gasteiger partial charge in [-0.25, -0.2) is 13.2 Å². The molecule has 0 saturated carbocycles. The van der Waals surface area contributed by atoms with Crippen molar-refractivity contribution in [3.05, 3.63) is 45.8 Å². The van der Waals surface area contributed by atoms with Crippen LogP contribution in [0.25, 0.3) is 0 Å². The number of nitrogens with one attached hydrogen (secondary N) is 1. The van der Waals surface area contributed by atoms with Gasteiger partial charge in [0.1, 0.15) is 5.00 Å². The van der Waals surface area contributed by atoms with Gasteiger partial charge in [0.05, 0.1) is 23.6 Å². The van der Waals surface area contributed by atoms with E-state index in [1.165, 1.54) is 15.6 Å². The summed E-state index contributed by atoms with van der Waals surface area (Å²) in [6.07, 6.45) is 0.596. The van der Waals surface area contributed by atoms with Crippen LogP contribution in [0.15, 0.2) is 24.3 Å². The first-order valence-electron chi connectivity index (χ1n) is 8.93. The van der Waals surface area contributed by atoms with Gasteiger partial charge in [-0.05, 0) is 57.0 Å². The number of hydrogen-bond acceptors (Lipinski definition) is 6. The second-order valence-corrected chi connectivity index (χ2v) is 9.69. The molecule has 2 heterocycles. The Morgan fingerprint density at radius 1 is 1.21 bits per heavy atom. The Morgan fingerprint density at radius 3 is 2.46 bits per heavy atom. The largest absolute Gasteiger partial charge is 0.462 e. The smallest absolute Gasteiger partial charge is 0.341 e. The van der Waals surface area contributed by atoms with E-state index in [2.05, 4.69) is 5.32 Å². The summed E-state index contributed by atoms with van der Waals surface area (Å²) >= 11 is 1.32. The van der Waals surface area contributed by atoms with Crippen molar-refractivity contribution in [2.45, 2.75) is 27.2 Å². The van der Waals surface area contributed by atoms with Gasteiger partial charge in [0.25, 0.3) is 5.91 Å². The average molecular weight is 423 g/mol. The molecule has 0 unspecified atom stereocenters. The lowest BCUT2D eigenvalue weighted by Gasteiger charge is -2.17. The number of rotatable bonds is 5. The molecule has 1 aliphatic rings. The zero-order valence-electron chi connectivity index (χ0n) is 15.9. The van der Waals surface area contributed by atoms with Crippen molar-refractivity contribution in [3.8, 4) is 0 Å². The van der Waals surface area contributed by atoms with Gasteiger partial charge in [0.2, 0.25) is 10.0 Å². The number of carbonyl (C=O) groups is 2. The number of nitrogens with zero attached hydrogens (tertiary/aromatic N) is 1. The summed E-state index contributed by atoms with van der Waals surface area (Å²) in [5, 5.41) is 3.23. The molecule has 1 amide bonds. The van der Waals surface area contributed by atoms with Crippen LogP contribution in [0.2, 0.25) is 0 Å². The maximum atomic E-state index is 12.6. The third-order valence-corrected chi connectivity index (χ3v) is 7.60. The Hall–Kier alpha value is -2.39. The predicted molar refractivity (Wildman–Crippen MR) is 110 cm³/mol. The Bertz CT molecular complexity index is 1010. The lowest BCUT2D eigenvalue weighted by atomic mass is 10.1. The first-order valence-corrected chi connectivity index (χ1v) is 11.4. The Balaban J connectivity index is 1.81. The highest BCUT2D eigenvalue weighted by Gasteiger charge is 2.28. The van der Waals surface area contributed by atoms with Crippen molar-refractivity contribution in [1.29, 1.82) is 0 Å². The van der Waals surface area contributed by atoms with E-state index in [1.54, 1.807) is 31.2 Å². The molecule has 1 aliphatic heterocycles. The molecule has 3 rings (SSSR count). The molecule has 1 fully saturated rings. The van der Waals surface area contributed by atoms with Gasteiger partial charge in [0, 0.05) is 17.0 Å². The van der Waals surface area contributed by atoms with Crippen molar-refractivity contribution < 1.29 is 22.7 Å². The molecule has 0 radical (unpaired) electrons. The summed E-state index contributed by atoms with van der Waals surface area (Å²) in [5.41, 5.74) is 2.08. The van der Waals surface area contributed by atoms with E-state index in [9.17, 15) is 18.0 Å². The lowest BCUT2D eigenvalue weighted by molar-refractivity contribution is 0.0527. The fourth-order valence-electron chi connectivity index (χ4n) is 3.05. The average Bonchev–Trinajstić information content (AvgIpc) is 3.13. The number of hydrogen-bond donors (Lipinski definition) is 1. The molecule has 9 heteroatoms. The minimum absolute atomic E-state index is 0.142. The highest BCUT2D eigenvalue weighted by molar-refractivity contribution is 7.93. The molecule has 1 saturated heterocycles. The number of thiophene rings is 1. The van der Waals surface area contributed by atoms with E-state index in [0.717, 1.165) is 10.4 Å². The van der Waals surface area contributed by atoms with Gasteiger partial charge < -0.3 is 10.1 Å². The Kier molecular flexibility index (Phi) is 5.76. The quantitative estimate of drug-likeness (QED) is 0.746. The number of aryl methyl sites for hydroxylation is 1. The zero-order valence-corrected chi connectivity index (χ0v) is 17.6. The molecular weight excluding hydrogens is 400 g/mol. The summed E-state index contributed by atoms with van der Waals surface area (Å²) in [6, 6.07) is 6.40. The minimum atomic E-state index is -3.26. The summed E-state index contributed by atoms with van der Waals surface area (Å²) in [7, 11) is -3.26. The minimum Gasteiger partial charge on any atom is -0.462 e. The van der Waals surface area contributed by atoms with Crippen molar-refractivity contribution in [1.82, 2.24) is 0 Å². The van der Waals surface area contributed by atoms with Crippen molar-refractivity contribution in [3.63, 3.8) is 0 Å². The number of amides is 1. The van der Waals surface area contributed by atoms with Crippen LogP contribution in [-0.2, 0) is 14.8 Å². The molecule has 0 spiro atoms. The highest BCUT2D eigenvalue weighted by atomic mass is 32.2. The molecule has 0 bridgehead atoms. The van der Waals surface area contributed by atoms with Crippen LogP contribution in [0.3, 0.4) is 0 Å². The first-order chi connectivity index (χ1) is 13.2. The summed E-state index contributed by atoms with van der Waals surface area (Å²) in [5.74, 6) is -0.694. The van der Waals surface area contributed by atoms with Crippen LogP contribution in [0, 0.1) is 13.8 Å². The number of benzene rings is 1. The fraction of sp³-hybridized carbons (Fsp3) is 0.368. The van der Waals surface area contributed by atoms with Gasteiger partial charge in [-0.2, -0.15) is 0 Å². The molecule has 0 aliphatic carbocycles. The maximum Gasteiger partial charge on any atom is 0.341 e. The molecule has 1 aromatic carbocycles. The van der Waals surface area contributed by atoms with E-state index in [4.69, 9.17) is 4.74 Å². The van der Waals surface area contributed by atoms with E-state index in [0.29, 0.717) is 34.8 Å². The van der Waals surface area contributed by atoms with Crippen molar-refractivity contribution >= 4 is 43.9 Å². The second kappa shape index (κ2) is 7.92. The molecule has 150 valence electrons. The molecule has 28 heavy (non-hydrogen) atoms. The number of carbonyl (C=O) groups excluding carboxylic acids is 2.